The zero-order chi connectivity index (χ0) is 12.1. The Kier molecular flexibility index (Phi) is 4.03. The Morgan fingerprint density at radius 2 is 2.12 bits per heavy atom. The van der Waals surface area contributed by atoms with Crippen molar-refractivity contribution in [3.8, 4) is 11.8 Å². The third-order valence-electron chi connectivity index (χ3n) is 2.03. The van der Waals surface area contributed by atoms with Crippen LogP contribution in [0, 0.1) is 28.9 Å². The van der Waals surface area contributed by atoms with Gasteiger partial charge in [0.2, 0.25) is 0 Å². The maximum atomic E-state index is 10.7. The Labute approximate surface area is 95.0 Å². The number of aryl methyl sites for hydroxylation is 1. The standard InChI is InChI=1S/C12H14N2O2/c1-10-6-7-11(5-4-8-13(2)3)9-12(10)14(15)16/h6-7,9H,8H2,1-3H3. The minimum Gasteiger partial charge on any atom is -0.299 e. The molecule has 0 fully saturated rings. The summed E-state index contributed by atoms with van der Waals surface area (Å²) in [6.07, 6.45) is 0. The molecule has 1 rings (SSSR count). The van der Waals surface area contributed by atoms with Crippen molar-refractivity contribution in [2.45, 2.75) is 6.92 Å². The number of nitro groups is 1. The zero-order valence-corrected chi connectivity index (χ0v) is 9.65. The van der Waals surface area contributed by atoms with Crippen molar-refractivity contribution in [1.82, 2.24) is 4.90 Å². The normalized spacial score (nSPS) is 9.75. The summed E-state index contributed by atoms with van der Waals surface area (Å²) in [5.74, 6) is 5.84. The van der Waals surface area contributed by atoms with Gasteiger partial charge in [-0.15, -0.1) is 0 Å². The molecule has 0 atom stereocenters. The lowest BCUT2D eigenvalue weighted by atomic mass is 10.1. The molecule has 0 saturated carbocycles. The number of hydrogen-bond acceptors (Lipinski definition) is 3. The third-order valence-corrected chi connectivity index (χ3v) is 2.03. The molecule has 0 aromatic heterocycles. The van der Waals surface area contributed by atoms with Gasteiger partial charge in [-0.25, -0.2) is 0 Å². The number of hydrogen-bond donors (Lipinski definition) is 0. The van der Waals surface area contributed by atoms with Gasteiger partial charge in [0.25, 0.3) is 5.69 Å². The number of benzene rings is 1. The van der Waals surface area contributed by atoms with Gasteiger partial charge in [-0.2, -0.15) is 0 Å². The van der Waals surface area contributed by atoms with Crippen LogP contribution in [0.15, 0.2) is 18.2 Å². The van der Waals surface area contributed by atoms with Crippen LogP contribution in [0.2, 0.25) is 0 Å². The molecule has 0 spiro atoms. The fourth-order valence-electron chi connectivity index (χ4n) is 1.18. The number of rotatable bonds is 2. The van der Waals surface area contributed by atoms with Crippen molar-refractivity contribution in [3.63, 3.8) is 0 Å². The minimum absolute atomic E-state index is 0.122. The molecular weight excluding hydrogens is 204 g/mol. The van der Waals surface area contributed by atoms with E-state index >= 15 is 0 Å². The molecule has 4 nitrogen and oxygen atoms in total. The predicted octanol–water partition coefficient (Wildman–Crippen LogP) is 1.82. The van der Waals surface area contributed by atoms with E-state index < -0.39 is 0 Å². The number of nitro benzene ring substituents is 1. The predicted molar refractivity (Wildman–Crippen MR) is 63.3 cm³/mol. The first-order valence-corrected chi connectivity index (χ1v) is 4.89. The monoisotopic (exact) mass is 218 g/mol. The Morgan fingerprint density at radius 3 is 2.69 bits per heavy atom. The molecule has 4 heteroatoms. The van der Waals surface area contributed by atoms with Gasteiger partial charge >= 0.3 is 0 Å². The van der Waals surface area contributed by atoms with Gasteiger partial charge in [-0.05, 0) is 27.1 Å². The highest BCUT2D eigenvalue weighted by Crippen LogP contribution is 2.18. The summed E-state index contributed by atoms with van der Waals surface area (Å²) in [5.41, 5.74) is 1.46. The fourth-order valence-corrected chi connectivity index (χ4v) is 1.18. The molecule has 1 aromatic carbocycles. The maximum absolute atomic E-state index is 10.7. The van der Waals surface area contributed by atoms with Crippen molar-refractivity contribution >= 4 is 5.69 Å². The first-order valence-electron chi connectivity index (χ1n) is 4.89. The van der Waals surface area contributed by atoms with Gasteiger partial charge < -0.3 is 0 Å². The van der Waals surface area contributed by atoms with Gasteiger partial charge in [0.05, 0.1) is 11.5 Å². The van der Waals surface area contributed by atoms with Crippen LogP contribution in [0.25, 0.3) is 0 Å². The van der Waals surface area contributed by atoms with Crippen molar-refractivity contribution in [2.24, 2.45) is 0 Å². The van der Waals surface area contributed by atoms with E-state index in [9.17, 15) is 10.1 Å². The van der Waals surface area contributed by atoms with Gasteiger partial charge in [0.15, 0.2) is 0 Å². The summed E-state index contributed by atoms with van der Waals surface area (Å²) < 4.78 is 0. The summed E-state index contributed by atoms with van der Waals surface area (Å²) in [7, 11) is 3.85. The highest BCUT2D eigenvalue weighted by Gasteiger charge is 2.09. The van der Waals surface area contributed by atoms with E-state index in [1.165, 1.54) is 6.07 Å². The summed E-state index contributed by atoms with van der Waals surface area (Å²) in [6, 6.07) is 5.03. The van der Waals surface area contributed by atoms with E-state index in [-0.39, 0.29) is 10.6 Å². The summed E-state index contributed by atoms with van der Waals surface area (Å²) in [4.78, 5) is 12.3. The van der Waals surface area contributed by atoms with E-state index in [2.05, 4.69) is 11.8 Å². The van der Waals surface area contributed by atoms with Crippen LogP contribution in [0.5, 0.6) is 0 Å². The molecule has 0 aliphatic rings. The lowest BCUT2D eigenvalue weighted by molar-refractivity contribution is -0.385. The van der Waals surface area contributed by atoms with Crippen LogP contribution in [0.3, 0.4) is 0 Å². The topological polar surface area (TPSA) is 46.4 Å². The molecule has 16 heavy (non-hydrogen) atoms. The molecular formula is C12H14N2O2. The molecule has 0 amide bonds. The SMILES string of the molecule is Cc1ccc(C#CCN(C)C)cc1[N+](=O)[O-]. The molecule has 1 aromatic rings. The van der Waals surface area contributed by atoms with Gasteiger partial charge in [0, 0.05) is 17.2 Å². The summed E-state index contributed by atoms with van der Waals surface area (Å²) >= 11 is 0. The average molecular weight is 218 g/mol. The second-order valence-corrected chi connectivity index (χ2v) is 3.80. The molecule has 0 aliphatic heterocycles. The van der Waals surface area contributed by atoms with E-state index in [1.807, 2.05) is 19.0 Å². The van der Waals surface area contributed by atoms with Crippen LogP contribution < -0.4 is 0 Å². The lowest BCUT2D eigenvalue weighted by Gasteiger charge is -2.01. The van der Waals surface area contributed by atoms with Crippen molar-refractivity contribution in [3.05, 3.63) is 39.4 Å². The van der Waals surface area contributed by atoms with Crippen molar-refractivity contribution < 1.29 is 4.92 Å². The van der Waals surface area contributed by atoms with Crippen molar-refractivity contribution in [1.29, 1.82) is 0 Å². The Hall–Kier alpha value is -1.86. The molecule has 0 N–H and O–H groups in total. The molecule has 0 bridgehead atoms. The maximum Gasteiger partial charge on any atom is 0.273 e. The molecule has 84 valence electrons. The summed E-state index contributed by atoms with van der Waals surface area (Å²) in [6.45, 7) is 2.36. The lowest BCUT2D eigenvalue weighted by Crippen LogP contribution is -2.10. The molecule has 0 unspecified atom stereocenters. The van der Waals surface area contributed by atoms with Crippen LogP contribution in [-0.2, 0) is 0 Å². The second-order valence-electron chi connectivity index (χ2n) is 3.80. The Bertz CT molecular complexity index is 456. The smallest absolute Gasteiger partial charge is 0.273 e. The van der Waals surface area contributed by atoms with Gasteiger partial charge in [0.1, 0.15) is 0 Å². The first-order chi connectivity index (χ1) is 7.50. The summed E-state index contributed by atoms with van der Waals surface area (Å²) in [5, 5.41) is 10.7. The molecule has 0 saturated heterocycles. The average Bonchev–Trinajstić information content (AvgIpc) is 2.19. The Morgan fingerprint density at radius 1 is 1.44 bits per heavy atom. The molecule has 0 radical (unpaired) electrons. The van der Waals surface area contributed by atoms with Crippen molar-refractivity contribution in [2.75, 3.05) is 20.6 Å². The fraction of sp³-hybridized carbons (Fsp3) is 0.333. The second kappa shape index (κ2) is 5.29. The van der Waals surface area contributed by atoms with E-state index in [4.69, 9.17) is 0 Å². The third kappa shape index (κ3) is 3.37. The molecule has 0 aliphatic carbocycles. The largest absolute Gasteiger partial charge is 0.299 e. The Balaban J connectivity index is 2.94. The van der Waals surface area contributed by atoms with E-state index in [0.29, 0.717) is 17.7 Å². The van der Waals surface area contributed by atoms with Crippen LogP contribution in [-0.4, -0.2) is 30.5 Å². The molecule has 0 heterocycles. The van der Waals surface area contributed by atoms with E-state index in [1.54, 1.807) is 19.1 Å². The first kappa shape index (κ1) is 12.2. The zero-order valence-electron chi connectivity index (χ0n) is 9.65. The quantitative estimate of drug-likeness (QED) is 0.432. The van der Waals surface area contributed by atoms with Gasteiger partial charge in [-0.3, -0.25) is 15.0 Å². The minimum atomic E-state index is -0.382. The van der Waals surface area contributed by atoms with Crippen LogP contribution in [0.1, 0.15) is 11.1 Å². The number of nitrogens with zero attached hydrogens (tertiary/aromatic N) is 2. The highest BCUT2D eigenvalue weighted by molar-refractivity contribution is 5.48. The van der Waals surface area contributed by atoms with E-state index in [0.717, 1.165) is 0 Å². The highest BCUT2D eigenvalue weighted by atomic mass is 16.6. The van der Waals surface area contributed by atoms with Crippen LogP contribution in [0.4, 0.5) is 5.69 Å². The van der Waals surface area contributed by atoms with Gasteiger partial charge in [-0.1, -0.05) is 17.9 Å². The van der Waals surface area contributed by atoms with Crippen LogP contribution >= 0.6 is 0 Å².